The summed E-state index contributed by atoms with van der Waals surface area (Å²) in [5.74, 6) is -1.57. The van der Waals surface area contributed by atoms with Gasteiger partial charge in [0.2, 0.25) is 5.91 Å². The van der Waals surface area contributed by atoms with Gasteiger partial charge in [0.1, 0.15) is 0 Å². The monoisotopic (exact) mass is 286 g/mol. The molecule has 1 aliphatic heterocycles. The van der Waals surface area contributed by atoms with Gasteiger partial charge in [-0.05, 0) is 18.2 Å². The van der Waals surface area contributed by atoms with Crippen molar-refractivity contribution in [2.24, 2.45) is 0 Å². The number of amides is 3. The molecule has 0 aromatic heterocycles. The van der Waals surface area contributed by atoms with Gasteiger partial charge in [-0.15, -0.1) is 0 Å². The summed E-state index contributed by atoms with van der Waals surface area (Å²) in [4.78, 5) is 45.9. The maximum Gasteiger partial charge on any atom is 0.298 e. The first-order valence-corrected chi connectivity index (χ1v) is 5.80. The number of carbonyl (C=O) groups excluding carboxylic acids is 4. The molecule has 0 aliphatic carbocycles. The van der Waals surface area contributed by atoms with Crippen LogP contribution in [-0.4, -0.2) is 24.2 Å². The fourth-order valence-electron chi connectivity index (χ4n) is 1.75. The van der Waals surface area contributed by atoms with Gasteiger partial charge in [-0.3, -0.25) is 19.2 Å². The second-order valence-electron chi connectivity index (χ2n) is 3.94. The highest BCUT2D eigenvalue weighted by atomic mass is 16.5. The SMILES string of the molecule is C=CC(=O)Nc1ccc(N2C(=O)C=CC2=O)c(OC=O)c1. The van der Waals surface area contributed by atoms with E-state index in [9.17, 15) is 19.2 Å². The van der Waals surface area contributed by atoms with Crippen LogP contribution in [0.2, 0.25) is 0 Å². The number of rotatable bonds is 5. The van der Waals surface area contributed by atoms with Gasteiger partial charge in [-0.1, -0.05) is 6.58 Å². The van der Waals surface area contributed by atoms with E-state index >= 15 is 0 Å². The molecular weight excluding hydrogens is 276 g/mol. The minimum absolute atomic E-state index is 0.0303. The van der Waals surface area contributed by atoms with Crippen molar-refractivity contribution in [1.82, 2.24) is 0 Å². The van der Waals surface area contributed by atoms with E-state index in [1.807, 2.05) is 0 Å². The maximum absolute atomic E-state index is 11.6. The Hall–Kier alpha value is -3.22. The molecule has 0 spiro atoms. The molecule has 3 amide bonds. The Morgan fingerprint density at radius 2 is 1.90 bits per heavy atom. The second kappa shape index (κ2) is 5.83. The molecule has 7 nitrogen and oxygen atoms in total. The molecule has 1 N–H and O–H groups in total. The highest BCUT2D eigenvalue weighted by molar-refractivity contribution is 6.28. The Labute approximate surface area is 119 Å². The van der Waals surface area contributed by atoms with Gasteiger partial charge >= 0.3 is 0 Å². The molecule has 1 heterocycles. The molecule has 1 aromatic rings. The zero-order valence-corrected chi connectivity index (χ0v) is 10.7. The molecule has 0 radical (unpaired) electrons. The number of imide groups is 1. The summed E-state index contributed by atoms with van der Waals surface area (Å²) in [7, 11) is 0. The molecule has 21 heavy (non-hydrogen) atoms. The molecular formula is C14H10N2O5. The van der Waals surface area contributed by atoms with E-state index < -0.39 is 17.7 Å². The zero-order valence-electron chi connectivity index (χ0n) is 10.7. The predicted molar refractivity (Wildman–Crippen MR) is 73.6 cm³/mol. The third-order valence-corrected chi connectivity index (χ3v) is 2.64. The average molecular weight is 286 g/mol. The molecule has 1 aliphatic rings. The van der Waals surface area contributed by atoms with Gasteiger partial charge in [0.15, 0.2) is 5.75 Å². The van der Waals surface area contributed by atoms with Crippen molar-refractivity contribution in [3.8, 4) is 5.75 Å². The Balaban J connectivity index is 2.39. The Morgan fingerprint density at radius 3 is 2.48 bits per heavy atom. The van der Waals surface area contributed by atoms with Crippen LogP contribution >= 0.6 is 0 Å². The van der Waals surface area contributed by atoms with Gasteiger partial charge < -0.3 is 10.1 Å². The van der Waals surface area contributed by atoms with Crippen LogP contribution in [0.4, 0.5) is 11.4 Å². The first kappa shape index (κ1) is 14.2. The molecule has 0 saturated heterocycles. The summed E-state index contributed by atoms with van der Waals surface area (Å²) < 4.78 is 4.77. The van der Waals surface area contributed by atoms with Gasteiger partial charge in [0, 0.05) is 23.9 Å². The first-order valence-electron chi connectivity index (χ1n) is 5.80. The number of hydrogen-bond acceptors (Lipinski definition) is 5. The summed E-state index contributed by atoms with van der Waals surface area (Å²) >= 11 is 0. The van der Waals surface area contributed by atoms with Crippen LogP contribution in [0.15, 0.2) is 43.0 Å². The van der Waals surface area contributed by atoms with Crippen LogP contribution in [0.1, 0.15) is 0 Å². The van der Waals surface area contributed by atoms with Crippen molar-refractivity contribution in [2.75, 3.05) is 10.2 Å². The van der Waals surface area contributed by atoms with Crippen molar-refractivity contribution < 1.29 is 23.9 Å². The molecule has 0 unspecified atom stereocenters. The Kier molecular flexibility index (Phi) is 3.94. The molecule has 0 atom stereocenters. The van der Waals surface area contributed by atoms with Crippen LogP contribution in [0.5, 0.6) is 5.75 Å². The van der Waals surface area contributed by atoms with Crippen molar-refractivity contribution in [3.05, 3.63) is 43.0 Å². The Morgan fingerprint density at radius 1 is 1.24 bits per heavy atom. The standard InChI is InChI=1S/C14H10N2O5/c1-2-12(18)15-9-3-4-10(11(7-9)21-8-17)16-13(19)5-6-14(16)20/h2-8H,1H2,(H,15,18). The van der Waals surface area contributed by atoms with E-state index in [1.165, 1.54) is 18.2 Å². The first-order chi connectivity index (χ1) is 10.1. The van der Waals surface area contributed by atoms with Gasteiger partial charge in [0.25, 0.3) is 18.3 Å². The van der Waals surface area contributed by atoms with Crippen molar-refractivity contribution in [2.45, 2.75) is 0 Å². The van der Waals surface area contributed by atoms with E-state index in [0.29, 0.717) is 5.69 Å². The van der Waals surface area contributed by atoms with E-state index in [-0.39, 0.29) is 17.9 Å². The number of anilines is 2. The molecule has 0 saturated carbocycles. The summed E-state index contributed by atoms with van der Waals surface area (Å²) in [6.07, 6.45) is 3.30. The molecule has 1 aromatic carbocycles. The molecule has 0 fully saturated rings. The normalized spacial score (nSPS) is 13.2. The zero-order chi connectivity index (χ0) is 15.4. The lowest BCUT2D eigenvalue weighted by Crippen LogP contribution is -2.30. The minimum atomic E-state index is -0.543. The number of benzene rings is 1. The van der Waals surface area contributed by atoms with Crippen molar-refractivity contribution in [3.63, 3.8) is 0 Å². The molecule has 2 rings (SSSR count). The van der Waals surface area contributed by atoms with Crippen LogP contribution in [0, 0.1) is 0 Å². The summed E-state index contributed by atoms with van der Waals surface area (Å²) in [5.41, 5.74) is 0.436. The summed E-state index contributed by atoms with van der Waals surface area (Å²) in [5, 5.41) is 2.47. The van der Waals surface area contributed by atoms with E-state index in [1.54, 1.807) is 0 Å². The number of ether oxygens (including phenoxy) is 1. The van der Waals surface area contributed by atoms with Crippen molar-refractivity contribution in [1.29, 1.82) is 0 Å². The Bertz CT molecular complexity index is 660. The smallest absolute Gasteiger partial charge is 0.298 e. The van der Waals surface area contributed by atoms with Crippen LogP contribution in [0.25, 0.3) is 0 Å². The van der Waals surface area contributed by atoms with Crippen molar-refractivity contribution >= 4 is 35.6 Å². The molecule has 106 valence electrons. The van der Waals surface area contributed by atoms with E-state index in [2.05, 4.69) is 11.9 Å². The average Bonchev–Trinajstić information content (AvgIpc) is 2.79. The second-order valence-corrected chi connectivity index (χ2v) is 3.94. The molecule has 7 heteroatoms. The predicted octanol–water partition coefficient (Wildman–Crippen LogP) is 0.776. The number of hydrogen-bond donors (Lipinski definition) is 1. The summed E-state index contributed by atoms with van der Waals surface area (Å²) in [6, 6.07) is 4.18. The minimum Gasteiger partial charge on any atom is -0.426 e. The molecule has 0 bridgehead atoms. The van der Waals surface area contributed by atoms with Gasteiger partial charge in [0.05, 0.1) is 5.69 Å². The van der Waals surface area contributed by atoms with E-state index in [0.717, 1.165) is 23.1 Å². The lowest BCUT2D eigenvalue weighted by atomic mass is 10.2. The largest absolute Gasteiger partial charge is 0.426 e. The fraction of sp³-hybridized carbons (Fsp3) is 0. The van der Waals surface area contributed by atoms with Crippen LogP contribution < -0.4 is 15.0 Å². The summed E-state index contributed by atoms with van der Waals surface area (Å²) in [6.45, 7) is 3.47. The quantitative estimate of drug-likeness (QED) is 0.490. The van der Waals surface area contributed by atoms with Gasteiger partial charge in [-0.2, -0.15) is 0 Å². The van der Waals surface area contributed by atoms with E-state index in [4.69, 9.17) is 4.74 Å². The van der Waals surface area contributed by atoms with Gasteiger partial charge in [-0.25, -0.2) is 4.90 Å². The topological polar surface area (TPSA) is 92.8 Å². The highest BCUT2D eigenvalue weighted by Crippen LogP contribution is 2.33. The number of nitrogens with one attached hydrogen (secondary N) is 1. The highest BCUT2D eigenvalue weighted by Gasteiger charge is 2.28. The van der Waals surface area contributed by atoms with Crippen LogP contribution in [0.3, 0.4) is 0 Å². The van der Waals surface area contributed by atoms with Crippen LogP contribution in [-0.2, 0) is 19.2 Å². The fourth-order valence-corrected chi connectivity index (χ4v) is 1.75. The lowest BCUT2D eigenvalue weighted by molar-refractivity contribution is -0.122. The lowest BCUT2D eigenvalue weighted by Gasteiger charge is -2.17. The number of carbonyl (C=O) groups is 4. The maximum atomic E-state index is 11.6. The third kappa shape index (κ3) is 2.86. The number of nitrogens with zero attached hydrogens (tertiary/aromatic N) is 1. The third-order valence-electron chi connectivity index (χ3n) is 2.64.